The Labute approximate surface area is 165 Å². The van der Waals surface area contributed by atoms with E-state index in [1.165, 1.54) is 22.3 Å². The van der Waals surface area contributed by atoms with Gasteiger partial charge < -0.3 is 10.6 Å². The van der Waals surface area contributed by atoms with Crippen molar-refractivity contribution in [2.75, 3.05) is 13.1 Å². The van der Waals surface area contributed by atoms with E-state index in [0.29, 0.717) is 0 Å². The maximum atomic E-state index is 4.93. The van der Waals surface area contributed by atoms with Crippen LogP contribution in [0.1, 0.15) is 28.7 Å². The minimum atomic E-state index is -0.826. The Morgan fingerprint density at radius 1 is 0.708 bits per heavy atom. The SMILES string of the molecule is Cc1cccc(C)c1[N-]CCC[N-]c1c(C)cccc1C.[Cl][Zr+2][Cl]. The van der Waals surface area contributed by atoms with Crippen LogP contribution >= 0.6 is 17.0 Å². The van der Waals surface area contributed by atoms with E-state index in [2.05, 4.69) is 64.1 Å². The summed E-state index contributed by atoms with van der Waals surface area (Å²) >= 11 is -0.826. The van der Waals surface area contributed by atoms with Gasteiger partial charge in [-0.3, -0.25) is 0 Å². The first kappa shape index (κ1) is 21.5. The van der Waals surface area contributed by atoms with Crippen LogP contribution < -0.4 is 0 Å². The zero-order valence-corrected chi connectivity index (χ0v) is 18.7. The predicted molar refractivity (Wildman–Crippen MR) is 104 cm³/mol. The normalized spacial score (nSPS) is 9.58. The number of hydrogen-bond acceptors (Lipinski definition) is 0. The Balaban J connectivity index is 0.000000891. The molecule has 2 aromatic rings. The van der Waals surface area contributed by atoms with E-state index in [-0.39, 0.29) is 0 Å². The molecule has 0 unspecified atom stereocenters. The van der Waals surface area contributed by atoms with E-state index in [0.717, 1.165) is 30.9 Å². The number of halogens is 2. The van der Waals surface area contributed by atoms with Gasteiger partial charge in [0.25, 0.3) is 0 Å². The van der Waals surface area contributed by atoms with Gasteiger partial charge >= 0.3 is 37.9 Å². The molecule has 2 rings (SSSR count). The second kappa shape index (κ2) is 12.0. The molecule has 0 fully saturated rings. The van der Waals surface area contributed by atoms with Crippen molar-refractivity contribution in [3.05, 3.63) is 69.3 Å². The summed E-state index contributed by atoms with van der Waals surface area (Å²) in [7, 11) is 9.87. The third-order valence-corrected chi connectivity index (χ3v) is 3.74. The molecular formula is C19H24Cl2N2Zr. The van der Waals surface area contributed by atoms with Crippen molar-refractivity contribution in [2.45, 2.75) is 34.1 Å². The van der Waals surface area contributed by atoms with Gasteiger partial charge in [0.15, 0.2) is 0 Å². The summed E-state index contributed by atoms with van der Waals surface area (Å²) in [6.07, 6.45) is 0.988. The third-order valence-electron chi connectivity index (χ3n) is 3.74. The van der Waals surface area contributed by atoms with Crippen LogP contribution in [0.25, 0.3) is 10.6 Å². The molecule has 128 valence electrons. The summed E-state index contributed by atoms with van der Waals surface area (Å²) in [5.41, 5.74) is 7.29. The molecule has 0 aliphatic heterocycles. The fourth-order valence-corrected chi connectivity index (χ4v) is 2.56. The van der Waals surface area contributed by atoms with Crippen molar-refractivity contribution in [1.29, 1.82) is 0 Å². The van der Waals surface area contributed by atoms with E-state index < -0.39 is 20.8 Å². The Morgan fingerprint density at radius 2 is 1.00 bits per heavy atom. The van der Waals surface area contributed by atoms with Crippen LogP contribution in [0.5, 0.6) is 0 Å². The Morgan fingerprint density at radius 3 is 1.29 bits per heavy atom. The number of para-hydroxylation sites is 2. The van der Waals surface area contributed by atoms with Gasteiger partial charge in [-0.15, -0.1) is 24.5 Å². The summed E-state index contributed by atoms with van der Waals surface area (Å²) < 4.78 is 0. The molecule has 0 radical (unpaired) electrons. The summed E-state index contributed by atoms with van der Waals surface area (Å²) in [5.74, 6) is 0. The van der Waals surface area contributed by atoms with E-state index in [1.54, 1.807) is 0 Å². The number of benzene rings is 2. The molecule has 0 atom stereocenters. The molecule has 0 spiro atoms. The summed E-state index contributed by atoms with van der Waals surface area (Å²) in [4.78, 5) is 0. The molecule has 2 aromatic carbocycles. The van der Waals surface area contributed by atoms with Crippen molar-refractivity contribution in [1.82, 2.24) is 0 Å². The van der Waals surface area contributed by atoms with E-state index >= 15 is 0 Å². The molecule has 5 heteroatoms. The van der Waals surface area contributed by atoms with Gasteiger partial charge in [-0.2, -0.15) is 0 Å². The van der Waals surface area contributed by atoms with Crippen LogP contribution in [0.4, 0.5) is 11.4 Å². The van der Waals surface area contributed by atoms with Gasteiger partial charge in [0, 0.05) is 0 Å². The molecule has 0 N–H and O–H groups in total. The zero-order chi connectivity index (χ0) is 17.9. The van der Waals surface area contributed by atoms with Crippen molar-refractivity contribution in [3.8, 4) is 0 Å². The zero-order valence-electron chi connectivity index (χ0n) is 14.7. The van der Waals surface area contributed by atoms with Crippen LogP contribution in [0.15, 0.2) is 36.4 Å². The molecule has 0 saturated carbocycles. The second-order valence-corrected chi connectivity index (χ2v) is 9.40. The molecule has 2 nitrogen and oxygen atoms in total. The average Bonchev–Trinajstić information content (AvgIpc) is 2.53. The van der Waals surface area contributed by atoms with E-state index in [9.17, 15) is 0 Å². The Kier molecular flexibility index (Phi) is 10.7. The Bertz CT molecular complexity index is 539. The third kappa shape index (κ3) is 7.17. The van der Waals surface area contributed by atoms with Crippen molar-refractivity contribution in [3.63, 3.8) is 0 Å². The molecule has 0 heterocycles. The van der Waals surface area contributed by atoms with E-state index in [4.69, 9.17) is 27.7 Å². The predicted octanol–water partition coefficient (Wildman–Crippen LogP) is 7.40. The van der Waals surface area contributed by atoms with Crippen LogP contribution in [0.3, 0.4) is 0 Å². The number of hydrogen-bond donors (Lipinski definition) is 0. The summed E-state index contributed by atoms with van der Waals surface area (Å²) in [5, 5.41) is 9.44. The molecule has 24 heavy (non-hydrogen) atoms. The van der Waals surface area contributed by atoms with Crippen molar-refractivity contribution >= 4 is 28.4 Å². The molecule has 0 amide bonds. The number of aryl methyl sites for hydroxylation is 4. The minimum absolute atomic E-state index is 0.826. The average molecular weight is 443 g/mol. The second-order valence-electron chi connectivity index (χ2n) is 5.67. The molecule has 0 aliphatic rings. The van der Waals surface area contributed by atoms with Gasteiger partial charge in [-0.25, -0.2) is 0 Å². The first-order valence-corrected chi connectivity index (χ1v) is 14.3. The summed E-state index contributed by atoms with van der Waals surface area (Å²) in [6, 6.07) is 12.6. The standard InChI is InChI=1S/C19H24N2.2ClH.Zr/c1-14-8-5-9-15(2)18(14)20-12-7-13-21-19-16(3)10-6-11-17(19)4;;;/h5-6,8-11H,7,12-13H2,1-4H3;2*1H;/q-2;;;+4/p-2. The van der Waals surface area contributed by atoms with Crippen LogP contribution in [0, 0.1) is 27.7 Å². The molecule has 0 aliphatic carbocycles. The van der Waals surface area contributed by atoms with Gasteiger partial charge in [-0.05, 0) is 27.7 Å². The monoisotopic (exact) mass is 440 g/mol. The molecule has 0 saturated heterocycles. The Hall–Kier alpha value is -0.497. The fourth-order valence-electron chi connectivity index (χ4n) is 2.56. The molecule has 0 bridgehead atoms. The van der Waals surface area contributed by atoms with Gasteiger partial charge in [0.2, 0.25) is 0 Å². The van der Waals surface area contributed by atoms with Gasteiger partial charge in [-0.1, -0.05) is 65.1 Å². The topological polar surface area (TPSA) is 28.2 Å². The maximum absolute atomic E-state index is 4.93. The van der Waals surface area contributed by atoms with Crippen LogP contribution in [0.2, 0.25) is 0 Å². The summed E-state index contributed by atoms with van der Waals surface area (Å²) in [6.45, 7) is 10.1. The number of nitrogens with zero attached hydrogens (tertiary/aromatic N) is 2. The van der Waals surface area contributed by atoms with Crippen LogP contribution in [-0.4, -0.2) is 13.1 Å². The first-order chi connectivity index (χ1) is 11.5. The van der Waals surface area contributed by atoms with Crippen LogP contribution in [-0.2, 0) is 20.8 Å². The fraction of sp³-hybridized carbons (Fsp3) is 0.368. The van der Waals surface area contributed by atoms with Crippen molar-refractivity contribution < 1.29 is 20.8 Å². The van der Waals surface area contributed by atoms with E-state index in [1.807, 2.05) is 0 Å². The van der Waals surface area contributed by atoms with Gasteiger partial charge in [0.05, 0.1) is 0 Å². The van der Waals surface area contributed by atoms with Gasteiger partial charge in [0.1, 0.15) is 0 Å². The molecule has 0 aromatic heterocycles. The first-order valence-electron chi connectivity index (χ1n) is 7.95. The number of rotatable bonds is 6. The quantitative estimate of drug-likeness (QED) is 0.417. The van der Waals surface area contributed by atoms with Crippen molar-refractivity contribution in [2.24, 2.45) is 0 Å². The molecular weight excluding hydrogens is 418 g/mol.